The van der Waals surface area contributed by atoms with Crippen LogP contribution >= 0.6 is 11.6 Å². The molecule has 21 heavy (non-hydrogen) atoms. The fraction of sp³-hybridized carbons (Fsp3) is 0.353. The molecule has 1 atom stereocenters. The Morgan fingerprint density at radius 3 is 2.76 bits per heavy atom. The summed E-state index contributed by atoms with van der Waals surface area (Å²) in [6.07, 6.45) is 2.89. The molecule has 4 heteroatoms. The van der Waals surface area contributed by atoms with Gasteiger partial charge in [-0.05, 0) is 55.8 Å². The first kappa shape index (κ1) is 15.8. The van der Waals surface area contributed by atoms with Crippen LogP contribution in [-0.4, -0.2) is 18.6 Å². The number of ether oxygens (including phenoxy) is 1. The molecule has 0 aliphatic heterocycles. The molecule has 1 aromatic carbocycles. The summed E-state index contributed by atoms with van der Waals surface area (Å²) in [5.41, 5.74) is 3.21. The molecule has 1 N–H and O–H groups in total. The summed E-state index contributed by atoms with van der Waals surface area (Å²) in [4.78, 5) is 4.27. The van der Waals surface area contributed by atoms with E-state index in [1.54, 1.807) is 7.11 Å². The molecule has 0 saturated heterocycles. The van der Waals surface area contributed by atoms with Crippen LogP contribution in [-0.2, 0) is 0 Å². The lowest BCUT2D eigenvalue weighted by Gasteiger charge is -2.22. The van der Waals surface area contributed by atoms with E-state index in [9.17, 15) is 0 Å². The Morgan fingerprint density at radius 1 is 1.29 bits per heavy atom. The quantitative estimate of drug-likeness (QED) is 0.871. The average molecular weight is 305 g/mol. The minimum absolute atomic E-state index is 0.0419. The van der Waals surface area contributed by atoms with Crippen LogP contribution in [0.1, 0.15) is 36.2 Å². The van der Waals surface area contributed by atoms with Gasteiger partial charge >= 0.3 is 0 Å². The third-order valence-electron chi connectivity index (χ3n) is 3.36. The van der Waals surface area contributed by atoms with Crippen LogP contribution in [0.25, 0.3) is 0 Å². The third kappa shape index (κ3) is 3.96. The normalized spacial score (nSPS) is 12.2. The number of hydrogen-bond donors (Lipinski definition) is 1. The van der Waals surface area contributed by atoms with Crippen molar-refractivity contribution in [3.8, 4) is 5.75 Å². The Hall–Kier alpha value is -1.58. The number of pyridine rings is 1. The summed E-state index contributed by atoms with van der Waals surface area (Å²) >= 11 is 6.17. The van der Waals surface area contributed by atoms with Gasteiger partial charge in [-0.3, -0.25) is 4.98 Å². The Morgan fingerprint density at radius 2 is 2.10 bits per heavy atom. The molecule has 0 fully saturated rings. The number of halogens is 1. The second kappa shape index (κ2) is 7.43. The molecule has 0 radical (unpaired) electrons. The second-order valence-electron chi connectivity index (χ2n) is 5.00. The van der Waals surface area contributed by atoms with Gasteiger partial charge in [-0.2, -0.15) is 0 Å². The maximum Gasteiger partial charge on any atom is 0.124 e. The molecule has 0 aliphatic rings. The van der Waals surface area contributed by atoms with Crippen molar-refractivity contribution >= 4 is 11.6 Å². The van der Waals surface area contributed by atoms with Crippen molar-refractivity contribution in [3.63, 3.8) is 0 Å². The van der Waals surface area contributed by atoms with E-state index in [0.29, 0.717) is 5.02 Å². The van der Waals surface area contributed by atoms with Crippen LogP contribution in [0.5, 0.6) is 5.75 Å². The van der Waals surface area contributed by atoms with Crippen molar-refractivity contribution in [3.05, 3.63) is 58.4 Å². The standard InChI is InChI=1S/C17H21ClN2O/c1-4-8-20-17(13-7-9-19-12(2)10-13)15-11-14(18)5-6-16(15)21-3/h5-7,9-11,17,20H,4,8H2,1-3H3. The summed E-state index contributed by atoms with van der Waals surface area (Å²) in [5.74, 6) is 0.836. The zero-order valence-electron chi connectivity index (χ0n) is 12.7. The Balaban J connectivity index is 2.47. The van der Waals surface area contributed by atoms with Gasteiger partial charge in [0.2, 0.25) is 0 Å². The Kier molecular flexibility index (Phi) is 5.59. The lowest BCUT2D eigenvalue weighted by atomic mass is 9.98. The van der Waals surface area contributed by atoms with Gasteiger partial charge in [0.1, 0.15) is 5.75 Å². The number of aromatic nitrogens is 1. The number of benzene rings is 1. The van der Waals surface area contributed by atoms with Gasteiger partial charge in [0.25, 0.3) is 0 Å². The second-order valence-corrected chi connectivity index (χ2v) is 5.44. The maximum absolute atomic E-state index is 6.17. The summed E-state index contributed by atoms with van der Waals surface area (Å²) < 4.78 is 5.50. The van der Waals surface area contributed by atoms with Crippen molar-refractivity contribution < 1.29 is 4.74 Å². The molecule has 0 spiro atoms. The molecule has 3 nitrogen and oxygen atoms in total. The minimum atomic E-state index is 0.0419. The van der Waals surface area contributed by atoms with Gasteiger partial charge < -0.3 is 10.1 Å². The van der Waals surface area contributed by atoms with Gasteiger partial charge in [0.05, 0.1) is 13.2 Å². The van der Waals surface area contributed by atoms with Crippen LogP contribution in [0.4, 0.5) is 0 Å². The Labute approximate surface area is 131 Å². The highest BCUT2D eigenvalue weighted by Gasteiger charge is 2.18. The van der Waals surface area contributed by atoms with Gasteiger partial charge in [-0.25, -0.2) is 0 Å². The largest absolute Gasteiger partial charge is 0.496 e. The molecule has 0 aliphatic carbocycles. The molecule has 2 rings (SSSR count). The number of nitrogens with one attached hydrogen (secondary N) is 1. The van der Waals surface area contributed by atoms with Crippen LogP contribution in [0.3, 0.4) is 0 Å². The van der Waals surface area contributed by atoms with E-state index < -0.39 is 0 Å². The average Bonchev–Trinajstić information content (AvgIpc) is 2.48. The van der Waals surface area contributed by atoms with E-state index in [4.69, 9.17) is 16.3 Å². The molecule has 0 bridgehead atoms. The van der Waals surface area contributed by atoms with E-state index in [0.717, 1.165) is 35.5 Å². The highest BCUT2D eigenvalue weighted by molar-refractivity contribution is 6.30. The van der Waals surface area contributed by atoms with E-state index in [1.165, 1.54) is 0 Å². The molecule has 1 heterocycles. The van der Waals surface area contributed by atoms with Gasteiger partial charge in [0, 0.05) is 22.5 Å². The number of rotatable bonds is 6. The number of methoxy groups -OCH3 is 1. The fourth-order valence-corrected chi connectivity index (χ4v) is 2.55. The van der Waals surface area contributed by atoms with Gasteiger partial charge in [-0.1, -0.05) is 18.5 Å². The van der Waals surface area contributed by atoms with Crippen molar-refractivity contribution in [2.75, 3.05) is 13.7 Å². The highest BCUT2D eigenvalue weighted by atomic mass is 35.5. The van der Waals surface area contributed by atoms with E-state index >= 15 is 0 Å². The first-order valence-corrected chi connectivity index (χ1v) is 7.53. The summed E-state index contributed by atoms with van der Waals surface area (Å²) in [6.45, 7) is 5.06. The number of hydrogen-bond acceptors (Lipinski definition) is 3. The fourth-order valence-electron chi connectivity index (χ4n) is 2.37. The topological polar surface area (TPSA) is 34.2 Å². The van der Waals surface area contributed by atoms with Crippen LogP contribution < -0.4 is 10.1 Å². The van der Waals surface area contributed by atoms with Crippen LogP contribution in [0.15, 0.2) is 36.5 Å². The van der Waals surface area contributed by atoms with Crippen molar-refractivity contribution in [2.45, 2.75) is 26.3 Å². The van der Waals surface area contributed by atoms with Gasteiger partial charge in [-0.15, -0.1) is 0 Å². The van der Waals surface area contributed by atoms with Crippen molar-refractivity contribution in [1.82, 2.24) is 10.3 Å². The summed E-state index contributed by atoms with van der Waals surface area (Å²) in [5, 5.41) is 4.27. The zero-order chi connectivity index (χ0) is 15.2. The van der Waals surface area contributed by atoms with E-state index in [2.05, 4.69) is 23.3 Å². The summed E-state index contributed by atoms with van der Waals surface area (Å²) in [6, 6.07) is 9.88. The monoisotopic (exact) mass is 304 g/mol. The predicted molar refractivity (Wildman–Crippen MR) is 87.1 cm³/mol. The SMILES string of the molecule is CCCNC(c1ccnc(C)c1)c1cc(Cl)ccc1OC. The molecule has 2 aromatic rings. The van der Waals surface area contributed by atoms with Gasteiger partial charge in [0.15, 0.2) is 0 Å². The molecule has 112 valence electrons. The smallest absolute Gasteiger partial charge is 0.124 e. The summed E-state index contributed by atoms with van der Waals surface area (Å²) in [7, 11) is 1.68. The Bertz CT molecular complexity index is 601. The molecule has 1 unspecified atom stereocenters. The predicted octanol–water partition coefficient (Wildman–Crippen LogP) is 4.14. The molecule has 0 amide bonds. The number of nitrogens with zero attached hydrogens (tertiary/aromatic N) is 1. The van der Waals surface area contributed by atoms with Crippen LogP contribution in [0.2, 0.25) is 5.02 Å². The molecular formula is C17H21ClN2O. The third-order valence-corrected chi connectivity index (χ3v) is 3.59. The molecular weight excluding hydrogens is 284 g/mol. The van der Waals surface area contributed by atoms with E-state index in [-0.39, 0.29) is 6.04 Å². The maximum atomic E-state index is 6.17. The van der Waals surface area contributed by atoms with Crippen LogP contribution in [0, 0.1) is 6.92 Å². The van der Waals surface area contributed by atoms with E-state index in [1.807, 2.05) is 37.4 Å². The highest BCUT2D eigenvalue weighted by Crippen LogP contribution is 2.32. The van der Waals surface area contributed by atoms with Crippen molar-refractivity contribution in [2.24, 2.45) is 0 Å². The zero-order valence-corrected chi connectivity index (χ0v) is 13.4. The minimum Gasteiger partial charge on any atom is -0.496 e. The first-order chi connectivity index (χ1) is 10.2. The molecule has 0 saturated carbocycles. The van der Waals surface area contributed by atoms with Crippen molar-refractivity contribution in [1.29, 1.82) is 0 Å². The molecule has 1 aromatic heterocycles. The lowest BCUT2D eigenvalue weighted by Crippen LogP contribution is -2.24. The first-order valence-electron chi connectivity index (χ1n) is 7.15. The number of aryl methyl sites for hydroxylation is 1. The lowest BCUT2D eigenvalue weighted by molar-refractivity contribution is 0.404.